The van der Waals surface area contributed by atoms with Gasteiger partial charge in [0.15, 0.2) is 0 Å². The van der Waals surface area contributed by atoms with Gasteiger partial charge in [-0.15, -0.1) is 0 Å². The van der Waals surface area contributed by atoms with Crippen LogP contribution in [0.4, 0.5) is 10.3 Å². The number of ether oxygens (including phenoxy) is 1. The van der Waals surface area contributed by atoms with E-state index in [-0.39, 0.29) is 5.82 Å². The Hall–Kier alpha value is -1.69. The molecule has 1 heterocycles. The summed E-state index contributed by atoms with van der Waals surface area (Å²) in [5.41, 5.74) is 0.774. The van der Waals surface area contributed by atoms with Crippen LogP contribution >= 0.6 is 15.9 Å². The summed E-state index contributed by atoms with van der Waals surface area (Å²) in [5, 5.41) is 3.01. The maximum atomic E-state index is 13.3. The Morgan fingerprint density at radius 1 is 1.26 bits per heavy atom. The van der Waals surface area contributed by atoms with Gasteiger partial charge in [0.25, 0.3) is 0 Å². The summed E-state index contributed by atoms with van der Waals surface area (Å²) in [4.78, 5) is 8.41. The van der Waals surface area contributed by atoms with Crippen LogP contribution in [0.5, 0.6) is 11.6 Å². The molecule has 0 bridgehead atoms. The fourth-order valence-corrected chi connectivity index (χ4v) is 1.98. The second-order valence-electron chi connectivity index (χ2n) is 3.91. The van der Waals surface area contributed by atoms with E-state index in [0.29, 0.717) is 28.6 Å². The highest BCUT2D eigenvalue weighted by atomic mass is 79.9. The topological polar surface area (TPSA) is 47.0 Å². The van der Waals surface area contributed by atoms with Crippen molar-refractivity contribution in [1.82, 2.24) is 9.97 Å². The number of aryl methyl sites for hydroxylation is 1. The van der Waals surface area contributed by atoms with Crippen LogP contribution in [-0.2, 0) is 0 Å². The first-order valence-corrected chi connectivity index (χ1v) is 6.59. The molecule has 0 fully saturated rings. The smallest absolute Gasteiger partial charge is 0.226 e. The Morgan fingerprint density at radius 2 is 2.05 bits per heavy atom. The minimum atomic E-state index is -0.373. The van der Waals surface area contributed by atoms with Gasteiger partial charge in [-0.1, -0.05) is 15.9 Å². The van der Waals surface area contributed by atoms with Crippen LogP contribution in [-0.4, -0.2) is 16.5 Å². The standard InChI is InChI=1S/C13H13BrFN3O/c1-3-16-13-17-8(2)4-12(18-13)19-11-6-9(14)5-10(15)7-11/h4-7H,3H2,1-2H3,(H,16,17,18). The molecule has 1 aromatic carbocycles. The Kier molecular flexibility index (Phi) is 4.31. The minimum Gasteiger partial charge on any atom is -0.439 e. The van der Waals surface area contributed by atoms with E-state index in [1.165, 1.54) is 12.1 Å². The molecule has 100 valence electrons. The Balaban J connectivity index is 2.27. The zero-order valence-corrected chi connectivity index (χ0v) is 12.2. The van der Waals surface area contributed by atoms with E-state index in [0.717, 1.165) is 5.69 Å². The van der Waals surface area contributed by atoms with Crippen molar-refractivity contribution in [3.63, 3.8) is 0 Å². The average molecular weight is 326 g/mol. The Morgan fingerprint density at radius 3 is 2.74 bits per heavy atom. The van der Waals surface area contributed by atoms with Gasteiger partial charge in [-0.3, -0.25) is 0 Å². The number of hydrogen-bond acceptors (Lipinski definition) is 4. The molecular formula is C13H13BrFN3O. The summed E-state index contributed by atoms with van der Waals surface area (Å²) in [5.74, 6) is 0.878. The van der Waals surface area contributed by atoms with Crippen LogP contribution in [0.15, 0.2) is 28.7 Å². The number of benzene rings is 1. The highest BCUT2D eigenvalue weighted by molar-refractivity contribution is 9.10. The van der Waals surface area contributed by atoms with Gasteiger partial charge in [0.2, 0.25) is 11.8 Å². The maximum absolute atomic E-state index is 13.3. The van der Waals surface area contributed by atoms with Crippen molar-refractivity contribution in [3.8, 4) is 11.6 Å². The van der Waals surface area contributed by atoms with E-state index in [9.17, 15) is 4.39 Å². The molecule has 2 rings (SSSR count). The molecule has 0 unspecified atom stereocenters. The lowest BCUT2D eigenvalue weighted by molar-refractivity contribution is 0.456. The Labute approximate surface area is 119 Å². The third-order valence-corrected chi connectivity index (χ3v) is 2.68. The number of rotatable bonds is 4. The molecule has 1 N–H and O–H groups in total. The van der Waals surface area contributed by atoms with E-state index in [2.05, 4.69) is 31.2 Å². The van der Waals surface area contributed by atoms with Crippen molar-refractivity contribution in [3.05, 3.63) is 40.2 Å². The second kappa shape index (κ2) is 5.97. The van der Waals surface area contributed by atoms with Crippen LogP contribution in [0, 0.1) is 12.7 Å². The van der Waals surface area contributed by atoms with E-state index in [1.807, 2.05) is 13.8 Å². The normalized spacial score (nSPS) is 10.3. The summed E-state index contributed by atoms with van der Waals surface area (Å²) in [6.45, 7) is 4.52. The van der Waals surface area contributed by atoms with Gasteiger partial charge >= 0.3 is 0 Å². The van der Waals surface area contributed by atoms with Gasteiger partial charge in [0, 0.05) is 28.8 Å². The third-order valence-electron chi connectivity index (χ3n) is 2.22. The molecule has 0 saturated carbocycles. The molecule has 4 nitrogen and oxygen atoms in total. The average Bonchev–Trinajstić information content (AvgIpc) is 2.26. The quantitative estimate of drug-likeness (QED) is 0.925. The van der Waals surface area contributed by atoms with Gasteiger partial charge in [-0.05, 0) is 26.0 Å². The molecule has 0 aliphatic rings. The fraction of sp³-hybridized carbons (Fsp3) is 0.231. The highest BCUT2D eigenvalue weighted by Gasteiger charge is 2.06. The molecule has 1 aromatic heterocycles. The summed E-state index contributed by atoms with van der Waals surface area (Å²) in [6, 6.07) is 6.03. The van der Waals surface area contributed by atoms with Gasteiger partial charge in [-0.25, -0.2) is 9.37 Å². The van der Waals surface area contributed by atoms with Gasteiger partial charge < -0.3 is 10.1 Å². The van der Waals surface area contributed by atoms with Crippen LogP contribution in [0.2, 0.25) is 0 Å². The summed E-state index contributed by atoms with van der Waals surface area (Å²) >= 11 is 3.22. The molecular weight excluding hydrogens is 313 g/mol. The largest absolute Gasteiger partial charge is 0.439 e. The molecule has 0 aliphatic heterocycles. The number of hydrogen-bond donors (Lipinski definition) is 1. The van der Waals surface area contributed by atoms with Gasteiger partial charge in [-0.2, -0.15) is 4.98 Å². The second-order valence-corrected chi connectivity index (χ2v) is 4.82. The van der Waals surface area contributed by atoms with Gasteiger partial charge in [0.05, 0.1) is 0 Å². The third kappa shape index (κ3) is 3.89. The molecule has 6 heteroatoms. The zero-order chi connectivity index (χ0) is 13.8. The number of halogens is 2. The molecule has 19 heavy (non-hydrogen) atoms. The van der Waals surface area contributed by atoms with Crippen molar-refractivity contribution in [2.24, 2.45) is 0 Å². The molecule has 0 radical (unpaired) electrons. The fourth-order valence-electron chi connectivity index (χ4n) is 1.54. The monoisotopic (exact) mass is 325 g/mol. The number of nitrogens with one attached hydrogen (secondary N) is 1. The van der Waals surface area contributed by atoms with E-state index in [4.69, 9.17) is 4.74 Å². The first-order chi connectivity index (χ1) is 9.06. The van der Waals surface area contributed by atoms with Crippen molar-refractivity contribution in [2.75, 3.05) is 11.9 Å². The molecule has 0 aliphatic carbocycles. The van der Waals surface area contributed by atoms with Crippen LogP contribution < -0.4 is 10.1 Å². The number of anilines is 1. The zero-order valence-electron chi connectivity index (χ0n) is 10.6. The van der Waals surface area contributed by atoms with Crippen LogP contribution in [0.1, 0.15) is 12.6 Å². The van der Waals surface area contributed by atoms with E-state index >= 15 is 0 Å². The van der Waals surface area contributed by atoms with Crippen molar-refractivity contribution in [2.45, 2.75) is 13.8 Å². The number of aromatic nitrogens is 2. The summed E-state index contributed by atoms with van der Waals surface area (Å²) in [6.07, 6.45) is 0. The molecule has 0 spiro atoms. The van der Waals surface area contributed by atoms with Crippen molar-refractivity contribution in [1.29, 1.82) is 0 Å². The lowest BCUT2D eigenvalue weighted by Gasteiger charge is -2.08. The SMILES string of the molecule is CCNc1nc(C)cc(Oc2cc(F)cc(Br)c2)n1. The van der Waals surface area contributed by atoms with Crippen LogP contribution in [0.25, 0.3) is 0 Å². The lowest BCUT2D eigenvalue weighted by Crippen LogP contribution is -2.04. The van der Waals surface area contributed by atoms with Crippen molar-refractivity contribution >= 4 is 21.9 Å². The number of nitrogens with zero attached hydrogens (tertiary/aromatic N) is 2. The summed E-state index contributed by atoms with van der Waals surface area (Å²) < 4.78 is 19.4. The molecule has 0 saturated heterocycles. The summed E-state index contributed by atoms with van der Waals surface area (Å²) in [7, 11) is 0. The molecule has 0 atom stereocenters. The molecule has 0 amide bonds. The van der Waals surface area contributed by atoms with Crippen molar-refractivity contribution < 1.29 is 9.13 Å². The first kappa shape index (κ1) is 13.7. The van der Waals surface area contributed by atoms with E-state index in [1.54, 1.807) is 12.1 Å². The predicted octanol–water partition coefficient (Wildman–Crippen LogP) is 3.91. The predicted molar refractivity (Wildman–Crippen MR) is 75.1 cm³/mol. The highest BCUT2D eigenvalue weighted by Crippen LogP contribution is 2.25. The lowest BCUT2D eigenvalue weighted by atomic mass is 10.3. The molecule has 2 aromatic rings. The van der Waals surface area contributed by atoms with Gasteiger partial charge in [0.1, 0.15) is 11.6 Å². The maximum Gasteiger partial charge on any atom is 0.226 e. The van der Waals surface area contributed by atoms with E-state index < -0.39 is 0 Å². The Bertz CT molecular complexity index is 572. The first-order valence-electron chi connectivity index (χ1n) is 5.80. The minimum absolute atomic E-state index is 0.373. The van der Waals surface area contributed by atoms with Crippen LogP contribution in [0.3, 0.4) is 0 Å².